The summed E-state index contributed by atoms with van der Waals surface area (Å²) in [6, 6.07) is 13.2. The van der Waals surface area contributed by atoms with Gasteiger partial charge in [0, 0.05) is 22.9 Å². The quantitative estimate of drug-likeness (QED) is 0.680. The largest absolute Gasteiger partial charge is 0.493 e. The molecule has 140 valence electrons. The minimum atomic E-state index is -0.556. The molecule has 2 aliphatic rings. The van der Waals surface area contributed by atoms with Gasteiger partial charge in [0.2, 0.25) is 5.91 Å². The fraction of sp³-hybridized carbons (Fsp3) is 0.190. The first-order valence-corrected chi connectivity index (χ1v) is 9.87. The van der Waals surface area contributed by atoms with Gasteiger partial charge in [0.05, 0.1) is 24.3 Å². The molecule has 3 heterocycles. The first kappa shape index (κ1) is 16.9. The van der Waals surface area contributed by atoms with Crippen molar-refractivity contribution in [2.75, 3.05) is 11.9 Å². The second kappa shape index (κ2) is 6.76. The minimum absolute atomic E-state index is 0.0633. The van der Waals surface area contributed by atoms with Crippen molar-refractivity contribution < 1.29 is 19.1 Å². The van der Waals surface area contributed by atoms with Gasteiger partial charge in [0.1, 0.15) is 11.9 Å². The molecule has 3 aromatic rings. The molecule has 1 atom stereocenters. The van der Waals surface area contributed by atoms with Gasteiger partial charge in [0.15, 0.2) is 5.13 Å². The second-order valence-corrected chi connectivity index (χ2v) is 7.55. The van der Waals surface area contributed by atoms with Crippen LogP contribution in [-0.2, 0) is 16.0 Å². The van der Waals surface area contributed by atoms with E-state index >= 15 is 0 Å². The summed E-state index contributed by atoms with van der Waals surface area (Å²) in [5, 5.41) is 5.25. The minimum Gasteiger partial charge on any atom is -0.493 e. The Kier molecular flexibility index (Phi) is 4.09. The fourth-order valence-electron chi connectivity index (χ4n) is 3.52. The number of nitrogens with zero attached hydrogens (tertiary/aromatic N) is 1. The van der Waals surface area contributed by atoms with Gasteiger partial charge in [0.25, 0.3) is 0 Å². The van der Waals surface area contributed by atoms with Crippen molar-refractivity contribution >= 4 is 28.3 Å². The van der Waals surface area contributed by atoms with E-state index in [4.69, 9.17) is 9.47 Å². The molecule has 0 spiro atoms. The van der Waals surface area contributed by atoms with E-state index in [2.05, 4.69) is 16.4 Å². The Hall–Kier alpha value is -3.19. The molecule has 7 heteroatoms. The van der Waals surface area contributed by atoms with Crippen molar-refractivity contribution in [2.45, 2.75) is 18.9 Å². The van der Waals surface area contributed by atoms with Crippen molar-refractivity contribution in [3.63, 3.8) is 0 Å². The van der Waals surface area contributed by atoms with E-state index in [-0.39, 0.29) is 18.3 Å². The van der Waals surface area contributed by atoms with Crippen molar-refractivity contribution in [2.24, 2.45) is 0 Å². The number of hydrogen-bond donors (Lipinski definition) is 1. The van der Waals surface area contributed by atoms with Crippen LogP contribution in [-0.4, -0.2) is 23.5 Å². The summed E-state index contributed by atoms with van der Waals surface area (Å²) < 4.78 is 10.9. The SMILES string of the molecule is O=C(C[C@@H]1OC(=O)c2ccccc21)Nc1nc(-c2ccc3c(c2)CCO3)cs1. The van der Waals surface area contributed by atoms with Gasteiger partial charge in [-0.05, 0) is 29.8 Å². The summed E-state index contributed by atoms with van der Waals surface area (Å²) in [5.41, 5.74) is 4.27. The highest BCUT2D eigenvalue weighted by Crippen LogP contribution is 2.34. The molecule has 0 radical (unpaired) electrons. The molecule has 0 bridgehead atoms. The number of ether oxygens (including phenoxy) is 2. The lowest BCUT2D eigenvalue weighted by molar-refractivity contribution is -0.118. The normalized spacial score (nSPS) is 16.9. The third-order valence-electron chi connectivity index (χ3n) is 4.88. The zero-order valence-electron chi connectivity index (χ0n) is 14.8. The number of amides is 1. The van der Waals surface area contributed by atoms with Gasteiger partial charge in [-0.2, -0.15) is 0 Å². The Morgan fingerprint density at radius 3 is 3.07 bits per heavy atom. The highest BCUT2D eigenvalue weighted by atomic mass is 32.1. The predicted molar refractivity (Wildman–Crippen MR) is 105 cm³/mol. The maximum Gasteiger partial charge on any atom is 0.339 e. The van der Waals surface area contributed by atoms with Crippen LogP contribution >= 0.6 is 11.3 Å². The van der Waals surface area contributed by atoms with Gasteiger partial charge < -0.3 is 14.8 Å². The predicted octanol–water partition coefficient (Wildman–Crippen LogP) is 3.99. The number of esters is 1. The van der Waals surface area contributed by atoms with Crippen LogP contribution in [0.25, 0.3) is 11.3 Å². The Balaban J connectivity index is 1.27. The van der Waals surface area contributed by atoms with Gasteiger partial charge in [-0.3, -0.25) is 4.79 Å². The zero-order valence-corrected chi connectivity index (χ0v) is 15.6. The Morgan fingerprint density at radius 1 is 1.25 bits per heavy atom. The average molecular weight is 392 g/mol. The number of fused-ring (bicyclic) bond motifs is 2. The van der Waals surface area contributed by atoms with Crippen molar-refractivity contribution in [1.82, 2.24) is 4.98 Å². The van der Waals surface area contributed by atoms with Gasteiger partial charge in [-0.15, -0.1) is 11.3 Å². The number of hydrogen-bond acceptors (Lipinski definition) is 6. The number of rotatable bonds is 4. The number of nitrogens with one attached hydrogen (secondary N) is 1. The summed E-state index contributed by atoms with van der Waals surface area (Å²) >= 11 is 1.37. The summed E-state index contributed by atoms with van der Waals surface area (Å²) in [5.74, 6) is 0.308. The number of thiazole rings is 1. The second-order valence-electron chi connectivity index (χ2n) is 6.69. The van der Waals surface area contributed by atoms with Crippen LogP contribution in [0.15, 0.2) is 47.8 Å². The van der Waals surface area contributed by atoms with Gasteiger partial charge >= 0.3 is 5.97 Å². The molecule has 0 aliphatic carbocycles. The van der Waals surface area contributed by atoms with Crippen LogP contribution in [0.5, 0.6) is 5.75 Å². The topological polar surface area (TPSA) is 77.5 Å². The van der Waals surface area contributed by atoms with Crippen LogP contribution in [0, 0.1) is 0 Å². The van der Waals surface area contributed by atoms with E-state index in [0.717, 1.165) is 29.0 Å². The summed E-state index contributed by atoms with van der Waals surface area (Å²) in [6.07, 6.45) is 0.409. The molecule has 0 saturated carbocycles. The van der Waals surface area contributed by atoms with E-state index in [0.29, 0.717) is 17.3 Å². The first-order chi connectivity index (χ1) is 13.7. The van der Waals surface area contributed by atoms with E-state index in [1.54, 1.807) is 12.1 Å². The average Bonchev–Trinajstić information content (AvgIpc) is 3.41. The number of carbonyl (C=O) groups excluding carboxylic acids is 2. The van der Waals surface area contributed by atoms with Crippen molar-refractivity contribution in [3.05, 3.63) is 64.5 Å². The number of benzene rings is 2. The molecule has 2 aromatic carbocycles. The number of carbonyl (C=O) groups is 2. The maximum absolute atomic E-state index is 12.4. The zero-order chi connectivity index (χ0) is 19.1. The Morgan fingerprint density at radius 2 is 2.14 bits per heavy atom. The monoisotopic (exact) mass is 392 g/mol. The Bertz CT molecular complexity index is 1090. The fourth-order valence-corrected chi connectivity index (χ4v) is 4.26. The molecule has 1 amide bonds. The molecule has 6 nitrogen and oxygen atoms in total. The summed E-state index contributed by atoms with van der Waals surface area (Å²) in [6.45, 7) is 0.714. The van der Waals surface area contributed by atoms with Crippen molar-refractivity contribution in [1.29, 1.82) is 0 Å². The van der Waals surface area contributed by atoms with Gasteiger partial charge in [-0.1, -0.05) is 18.2 Å². The van der Waals surface area contributed by atoms with E-state index in [1.807, 2.05) is 29.6 Å². The van der Waals surface area contributed by atoms with E-state index < -0.39 is 6.10 Å². The third kappa shape index (κ3) is 3.03. The lowest BCUT2D eigenvalue weighted by Gasteiger charge is -2.09. The lowest BCUT2D eigenvalue weighted by Crippen LogP contribution is -2.15. The van der Waals surface area contributed by atoms with Crippen molar-refractivity contribution in [3.8, 4) is 17.0 Å². The molecular weight excluding hydrogens is 376 g/mol. The Labute approximate surface area is 165 Å². The molecule has 1 N–H and O–H groups in total. The number of aromatic nitrogens is 1. The van der Waals surface area contributed by atoms with E-state index in [9.17, 15) is 9.59 Å². The lowest BCUT2D eigenvalue weighted by atomic mass is 10.0. The van der Waals surface area contributed by atoms with Crippen LogP contribution < -0.4 is 10.1 Å². The molecule has 0 unspecified atom stereocenters. The smallest absolute Gasteiger partial charge is 0.339 e. The molecule has 2 aliphatic heterocycles. The molecule has 0 saturated heterocycles. The van der Waals surface area contributed by atoms with Crippen LogP contribution in [0.3, 0.4) is 0 Å². The van der Waals surface area contributed by atoms with Crippen LogP contribution in [0.2, 0.25) is 0 Å². The number of anilines is 1. The molecule has 0 fully saturated rings. The highest BCUT2D eigenvalue weighted by Gasteiger charge is 2.32. The molecule has 1 aromatic heterocycles. The maximum atomic E-state index is 12.4. The molecule has 5 rings (SSSR count). The van der Waals surface area contributed by atoms with Crippen LogP contribution in [0.1, 0.15) is 34.0 Å². The van der Waals surface area contributed by atoms with Gasteiger partial charge in [-0.25, -0.2) is 9.78 Å². The third-order valence-corrected chi connectivity index (χ3v) is 5.64. The van der Waals surface area contributed by atoms with E-state index in [1.165, 1.54) is 16.9 Å². The number of cyclic esters (lactones) is 1. The summed E-state index contributed by atoms with van der Waals surface area (Å²) in [7, 11) is 0. The first-order valence-electron chi connectivity index (χ1n) is 8.99. The molecular formula is C21H16N2O4S. The summed E-state index contributed by atoms with van der Waals surface area (Å²) in [4.78, 5) is 28.8. The highest BCUT2D eigenvalue weighted by molar-refractivity contribution is 7.14. The molecule has 28 heavy (non-hydrogen) atoms. The van der Waals surface area contributed by atoms with Crippen LogP contribution in [0.4, 0.5) is 5.13 Å². The standard InChI is InChI=1S/C21H16N2O4S/c24-19(10-18-14-3-1-2-4-15(14)20(25)27-18)23-21-22-16(11-28-21)12-5-6-17-13(9-12)7-8-26-17/h1-6,9,11,18H,7-8,10H2,(H,22,23,24)/t18-/m0/s1.